The third kappa shape index (κ3) is 4.11. The molecule has 0 radical (unpaired) electrons. The van der Waals surface area contributed by atoms with Crippen molar-refractivity contribution in [2.45, 2.75) is 31.7 Å². The first-order chi connectivity index (χ1) is 13.0. The van der Waals surface area contributed by atoms with Crippen LogP contribution in [0.4, 0.5) is 0 Å². The molecule has 1 aromatic heterocycles. The Kier molecular flexibility index (Phi) is 5.75. The number of hydrogen-bond acceptors (Lipinski definition) is 6. The summed E-state index contributed by atoms with van der Waals surface area (Å²) in [5.74, 6) is -0.893. The number of methoxy groups -OCH3 is 1. The van der Waals surface area contributed by atoms with Crippen molar-refractivity contribution in [1.82, 2.24) is 5.01 Å². The molecule has 0 fully saturated rings. The number of benzene rings is 1. The predicted octanol–water partition coefficient (Wildman–Crippen LogP) is 3.39. The highest BCUT2D eigenvalue weighted by molar-refractivity contribution is 7.12. The monoisotopic (exact) mass is 388 g/mol. The number of thiophene rings is 1. The SMILES string of the molecule is COc1cccc([C@@H]2CC(c3cccs3)=NN2C(=O)CCCC(=O)O)c1O. The highest BCUT2D eigenvalue weighted by Crippen LogP contribution is 2.41. The van der Waals surface area contributed by atoms with E-state index in [0.717, 1.165) is 10.6 Å². The van der Waals surface area contributed by atoms with Gasteiger partial charge >= 0.3 is 5.97 Å². The molecule has 0 saturated heterocycles. The summed E-state index contributed by atoms with van der Waals surface area (Å²) in [6.07, 6.45) is 0.710. The number of carboxylic acid groups (broad SMARTS) is 1. The van der Waals surface area contributed by atoms with Crippen LogP contribution in [0.25, 0.3) is 0 Å². The van der Waals surface area contributed by atoms with E-state index in [-0.39, 0.29) is 30.9 Å². The molecule has 0 aliphatic carbocycles. The molecule has 142 valence electrons. The van der Waals surface area contributed by atoms with Crippen molar-refractivity contribution in [2.75, 3.05) is 7.11 Å². The summed E-state index contributed by atoms with van der Waals surface area (Å²) in [6, 6.07) is 8.53. The van der Waals surface area contributed by atoms with Gasteiger partial charge in [0.2, 0.25) is 5.91 Å². The van der Waals surface area contributed by atoms with Crippen molar-refractivity contribution in [2.24, 2.45) is 5.10 Å². The lowest BCUT2D eigenvalue weighted by molar-refractivity contribution is -0.137. The first-order valence-electron chi connectivity index (χ1n) is 8.52. The maximum atomic E-state index is 12.7. The fraction of sp³-hybridized carbons (Fsp3) is 0.316. The third-order valence-electron chi connectivity index (χ3n) is 4.36. The van der Waals surface area contributed by atoms with Crippen LogP contribution < -0.4 is 4.74 Å². The van der Waals surface area contributed by atoms with Gasteiger partial charge in [0.05, 0.1) is 23.7 Å². The number of aliphatic carboxylic acids is 1. The molecule has 7 nitrogen and oxygen atoms in total. The van der Waals surface area contributed by atoms with E-state index < -0.39 is 12.0 Å². The van der Waals surface area contributed by atoms with Gasteiger partial charge in [0.1, 0.15) is 0 Å². The second-order valence-corrected chi connectivity index (χ2v) is 7.08. The van der Waals surface area contributed by atoms with Crippen LogP contribution in [0.1, 0.15) is 42.2 Å². The molecule has 1 atom stereocenters. The normalized spacial score (nSPS) is 16.3. The van der Waals surface area contributed by atoms with Crippen molar-refractivity contribution < 1.29 is 24.5 Å². The van der Waals surface area contributed by atoms with Crippen LogP contribution in [-0.2, 0) is 9.59 Å². The fourth-order valence-electron chi connectivity index (χ4n) is 3.05. The van der Waals surface area contributed by atoms with Crippen molar-refractivity contribution in [3.05, 3.63) is 46.2 Å². The molecule has 2 heterocycles. The predicted molar refractivity (Wildman–Crippen MR) is 101 cm³/mol. The number of carbonyl (C=O) groups excluding carboxylic acids is 1. The molecule has 1 amide bonds. The minimum absolute atomic E-state index is 0.0176. The van der Waals surface area contributed by atoms with Crippen molar-refractivity contribution >= 4 is 28.9 Å². The Bertz CT molecular complexity index is 863. The van der Waals surface area contributed by atoms with Gasteiger partial charge in [0, 0.05) is 24.8 Å². The van der Waals surface area contributed by atoms with E-state index in [1.807, 2.05) is 17.5 Å². The molecule has 8 heteroatoms. The summed E-state index contributed by atoms with van der Waals surface area (Å²) in [5, 5.41) is 27.1. The van der Waals surface area contributed by atoms with Gasteiger partial charge in [0.15, 0.2) is 11.5 Å². The molecule has 1 aromatic carbocycles. The molecule has 0 unspecified atom stereocenters. The zero-order valence-electron chi connectivity index (χ0n) is 14.8. The van der Waals surface area contributed by atoms with E-state index in [2.05, 4.69) is 5.10 Å². The van der Waals surface area contributed by atoms with Crippen LogP contribution in [0.15, 0.2) is 40.8 Å². The van der Waals surface area contributed by atoms with Gasteiger partial charge in [-0.05, 0) is 23.9 Å². The number of amides is 1. The molecule has 3 rings (SSSR count). The molecule has 0 spiro atoms. The molecule has 27 heavy (non-hydrogen) atoms. The lowest BCUT2D eigenvalue weighted by atomic mass is 9.99. The van der Waals surface area contributed by atoms with Gasteiger partial charge in [0.25, 0.3) is 0 Å². The maximum absolute atomic E-state index is 12.7. The molecular weight excluding hydrogens is 368 g/mol. The van der Waals surface area contributed by atoms with Gasteiger partial charge in [-0.1, -0.05) is 18.2 Å². The van der Waals surface area contributed by atoms with Crippen LogP contribution >= 0.6 is 11.3 Å². The minimum Gasteiger partial charge on any atom is -0.504 e. The fourth-order valence-corrected chi connectivity index (χ4v) is 3.77. The molecule has 1 aliphatic rings. The number of hydrogen-bond donors (Lipinski definition) is 2. The first kappa shape index (κ1) is 18.9. The van der Waals surface area contributed by atoms with E-state index in [1.54, 1.807) is 18.2 Å². The van der Waals surface area contributed by atoms with Gasteiger partial charge in [-0.3, -0.25) is 9.59 Å². The zero-order chi connectivity index (χ0) is 19.4. The van der Waals surface area contributed by atoms with Gasteiger partial charge in [-0.15, -0.1) is 11.3 Å². The van der Waals surface area contributed by atoms with Crippen LogP contribution in [0, 0.1) is 0 Å². The minimum atomic E-state index is -0.936. The van der Waals surface area contributed by atoms with E-state index in [0.29, 0.717) is 17.7 Å². The third-order valence-corrected chi connectivity index (χ3v) is 5.28. The molecule has 2 aromatic rings. The number of carboxylic acids is 1. The number of hydrazone groups is 1. The smallest absolute Gasteiger partial charge is 0.303 e. The highest BCUT2D eigenvalue weighted by Gasteiger charge is 2.35. The number of carbonyl (C=O) groups is 2. The van der Waals surface area contributed by atoms with Crippen molar-refractivity contribution in [3.8, 4) is 11.5 Å². The molecule has 2 N–H and O–H groups in total. The Morgan fingerprint density at radius 3 is 2.78 bits per heavy atom. The zero-order valence-corrected chi connectivity index (χ0v) is 15.6. The van der Waals surface area contributed by atoms with Crippen molar-refractivity contribution in [1.29, 1.82) is 0 Å². The Labute approximate surface area is 160 Å². The molecule has 1 aliphatic heterocycles. The number of nitrogens with zero attached hydrogens (tertiary/aromatic N) is 2. The Morgan fingerprint density at radius 2 is 2.11 bits per heavy atom. The number of rotatable bonds is 7. The van der Waals surface area contributed by atoms with E-state index in [1.165, 1.54) is 23.5 Å². The number of phenols is 1. The lowest BCUT2D eigenvalue weighted by Gasteiger charge is -2.23. The van der Waals surface area contributed by atoms with Crippen LogP contribution in [0.5, 0.6) is 11.5 Å². The van der Waals surface area contributed by atoms with Crippen LogP contribution in [-0.4, -0.2) is 39.9 Å². The quantitative estimate of drug-likeness (QED) is 0.757. The highest BCUT2D eigenvalue weighted by atomic mass is 32.1. The Hall–Kier alpha value is -2.87. The largest absolute Gasteiger partial charge is 0.504 e. The number of aromatic hydroxyl groups is 1. The van der Waals surface area contributed by atoms with E-state index in [4.69, 9.17) is 9.84 Å². The Morgan fingerprint density at radius 1 is 1.30 bits per heavy atom. The van der Waals surface area contributed by atoms with Crippen molar-refractivity contribution in [3.63, 3.8) is 0 Å². The van der Waals surface area contributed by atoms with Gasteiger partial charge < -0.3 is 14.9 Å². The second-order valence-electron chi connectivity index (χ2n) is 6.13. The topological polar surface area (TPSA) is 99.4 Å². The van der Waals surface area contributed by atoms with E-state index in [9.17, 15) is 14.7 Å². The average Bonchev–Trinajstić information content (AvgIpc) is 3.31. The van der Waals surface area contributed by atoms with Crippen LogP contribution in [0.2, 0.25) is 0 Å². The summed E-state index contributed by atoms with van der Waals surface area (Å²) >= 11 is 1.53. The summed E-state index contributed by atoms with van der Waals surface area (Å²) in [6.45, 7) is 0. The average molecular weight is 388 g/mol. The summed E-state index contributed by atoms with van der Waals surface area (Å²) in [7, 11) is 1.47. The number of phenolic OH excluding ortho intramolecular Hbond substituents is 1. The second kappa shape index (κ2) is 8.22. The lowest BCUT2D eigenvalue weighted by Crippen LogP contribution is -2.27. The number of para-hydroxylation sites is 1. The number of ether oxygens (including phenoxy) is 1. The molecule has 0 bridgehead atoms. The summed E-state index contributed by atoms with van der Waals surface area (Å²) < 4.78 is 5.18. The van der Waals surface area contributed by atoms with E-state index >= 15 is 0 Å². The van der Waals surface area contributed by atoms with Gasteiger partial charge in [-0.2, -0.15) is 5.10 Å². The molecular formula is C19H20N2O5S. The Balaban J connectivity index is 1.89. The summed E-state index contributed by atoms with van der Waals surface area (Å²) in [4.78, 5) is 24.4. The standard InChI is InChI=1S/C19H20N2O5S/c1-26-15-6-2-5-12(19(15)25)14-11-13(16-7-4-10-27-16)20-21(14)17(22)8-3-9-18(23)24/h2,4-7,10,14,25H,3,8-9,11H2,1H3,(H,23,24)/t14-/m0/s1. The van der Waals surface area contributed by atoms with Gasteiger partial charge in [-0.25, -0.2) is 5.01 Å². The maximum Gasteiger partial charge on any atom is 0.303 e. The first-order valence-corrected chi connectivity index (χ1v) is 9.40. The summed E-state index contributed by atoms with van der Waals surface area (Å²) in [5.41, 5.74) is 1.32. The molecule has 0 saturated carbocycles. The van der Waals surface area contributed by atoms with Crippen LogP contribution in [0.3, 0.4) is 0 Å².